The van der Waals surface area contributed by atoms with Crippen molar-refractivity contribution in [1.29, 1.82) is 0 Å². The maximum Gasteiger partial charge on any atom is 0.336 e. The van der Waals surface area contributed by atoms with Gasteiger partial charge in [-0.25, -0.2) is 4.79 Å². The van der Waals surface area contributed by atoms with Crippen LogP contribution in [0.5, 0.6) is 5.75 Å². The number of dihydropyridines is 1. The highest BCUT2D eigenvalue weighted by Gasteiger charge is 2.47. The third-order valence-electron chi connectivity index (χ3n) is 6.26. The first-order valence-electron chi connectivity index (χ1n) is 12.0. The number of rotatable bonds is 9. The lowest BCUT2D eigenvalue weighted by Gasteiger charge is -2.38. The van der Waals surface area contributed by atoms with Gasteiger partial charge in [0.15, 0.2) is 5.78 Å². The second-order valence-corrected chi connectivity index (χ2v) is 9.06. The molecule has 8 nitrogen and oxygen atoms in total. The molecule has 0 radical (unpaired) electrons. The summed E-state index contributed by atoms with van der Waals surface area (Å²) in [6, 6.07) is 7.32. The van der Waals surface area contributed by atoms with Crippen LogP contribution in [0.1, 0.15) is 52.5 Å². The van der Waals surface area contributed by atoms with Crippen LogP contribution in [0.2, 0.25) is 0 Å². The summed E-state index contributed by atoms with van der Waals surface area (Å²) in [5.74, 6) is -2.86. The average molecular weight is 486 g/mol. The average Bonchev–Trinajstić information content (AvgIpc) is 2.81. The zero-order valence-corrected chi connectivity index (χ0v) is 21.3. The van der Waals surface area contributed by atoms with E-state index in [2.05, 4.69) is 5.32 Å². The molecule has 2 aliphatic rings. The minimum atomic E-state index is -0.947. The standard InChI is InChI=1S/C27H35NO7/c1-7-33-20-11-9-8-10-18(20)23-22(27(31)35-13-12-34-15(2)3)17(5)28-19-14-16(4)21(26(30)32-6)25(29)24(19)23/h8-11,15-16,21,23,28H,7,12-14H2,1-6H3/t16-,21-,23-/m0/s1. The van der Waals surface area contributed by atoms with E-state index in [4.69, 9.17) is 18.9 Å². The number of benzene rings is 1. The van der Waals surface area contributed by atoms with Gasteiger partial charge in [-0.05, 0) is 46.1 Å². The van der Waals surface area contributed by atoms with Crippen LogP contribution in [0.3, 0.4) is 0 Å². The quantitative estimate of drug-likeness (QED) is 0.321. The number of nitrogens with one attached hydrogen (secondary N) is 1. The van der Waals surface area contributed by atoms with Crippen molar-refractivity contribution in [2.75, 3.05) is 26.9 Å². The predicted octanol–water partition coefficient (Wildman–Crippen LogP) is 3.67. The van der Waals surface area contributed by atoms with E-state index < -0.39 is 23.8 Å². The van der Waals surface area contributed by atoms with Crippen LogP contribution in [0.25, 0.3) is 0 Å². The molecule has 0 unspecified atom stereocenters. The maximum atomic E-state index is 13.8. The number of carbonyl (C=O) groups is 3. The van der Waals surface area contributed by atoms with Gasteiger partial charge in [-0.15, -0.1) is 0 Å². The van der Waals surface area contributed by atoms with Crippen molar-refractivity contribution in [1.82, 2.24) is 5.32 Å². The number of methoxy groups -OCH3 is 1. The fraction of sp³-hybridized carbons (Fsp3) is 0.519. The Kier molecular flexibility index (Phi) is 8.72. The van der Waals surface area contributed by atoms with E-state index in [1.807, 2.05) is 52.0 Å². The van der Waals surface area contributed by atoms with Gasteiger partial charge in [-0.2, -0.15) is 0 Å². The Morgan fingerprint density at radius 3 is 2.54 bits per heavy atom. The number of Topliss-reactive ketones (excluding diaryl/α,β-unsaturated/α-hetero) is 1. The molecule has 0 amide bonds. The van der Waals surface area contributed by atoms with E-state index in [0.717, 1.165) is 0 Å². The Morgan fingerprint density at radius 1 is 1.17 bits per heavy atom. The monoisotopic (exact) mass is 485 g/mol. The maximum absolute atomic E-state index is 13.8. The van der Waals surface area contributed by atoms with Gasteiger partial charge in [0.2, 0.25) is 0 Å². The molecule has 3 atom stereocenters. The van der Waals surface area contributed by atoms with Crippen molar-refractivity contribution in [3.8, 4) is 5.75 Å². The van der Waals surface area contributed by atoms with Crippen molar-refractivity contribution in [2.45, 2.75) is 53.1 Å². The summed E-state index contributed by atoms with van der Waals surface area (Å²) in [6.45, 7) is 10.1. The second-order valence-electron chi connectivity index (χ2n) is 9.06. The number of hydrogen-bond donors (Lipinski definition) is 1. The number of carbonyl (C=O) groups excluding carboxylic acids is 3. The highest BCUT2D eigenvalue weighted by molar-refractivity contribution is 6.12. The molecule has 8 heteroatoms. The Morgan fingerprint density at radius 2 is 1.89 bits per heavy atom. The van der Waals surface area contributed by atoms with Gasteiger partial charge in [0.05, 0.1) is 37.9 Å². The van der Waals surface area contributed by atoms with E-state index in [0.29, 0.717) is 46.9 Å². The van der Waals surface area contributed by atoms with E-state index in [-0.39, 0.29) is 31.0 Å². The summed E-state index contributed by atoms with van der Waals surface area (Å²) in [5.41, 5.74) is 2.66. The zero-order chi connectivity index (χ0) is 25.7. The molecule has 1 aromatic rings. The number of para-hydroxylation sites is 1. The molecule has 0 spiro atoms. The Hall–Kier alpha value is -3.13. The summed E-state index contributed by atoms with van der Waals surface area (Å²) < 4.78 is 21.9. The van der Waals surface area contributed by atoms with E-state index in [9.17, 15) is 14.4 Å². The zero-order valence-electron chi connectivity index (χ0n) is 21.3. The summed E-state index contributed by atoms with van der Waals surface area (Å²) in [6.07, 6.45) is 0.484. The van der Waals surface area contributed by atoms with Gasteiger partial charge in [0, 0.05) is 22.5 Å². The minimum Gasteiger partial charge on any atom is -0.494 e. The molecule has 1 N–H and O–H groups in total. The van der Waals surface area contributed by atoms with E-state index >= 15 is 0 Å². The van der Waals surface area contributed by atoms with E-state index in [1.165, 1.54) is 7.11 Å². The summed E-state index contributed by atoms with van der Waals surface area (Å²) in [4.78, 5) is 39.7. The molecule has 190 valence electrons. The fourth-order valence-electron chi connectivity index (χ4n) is 4.76. The molecule has 3 rings (SSSR count). The number of esters is 2. The lowest BCUT2D eigenvalue weighted by Crippen LogP contribution is -2.43. The van der Waals surface area contributed by atoms with Crippen LogP contribution in [-0.4, -0.2) is 50.8 Å². The molecule has 0 aromatic heterocycles. The van der Waals surface area contributed by atoms with Gasteiger partial charge in [0.1, 0.15) is 18.3 Å². The number of hydrogen-bond acceptors (Lipinski definition) is 8. The van der Waals surface area contributed by atoms with Crippen molar-refractivity contribution in [3.63, 3.8) is 0 Å². The Labute approximate surface area is 206 Å². The topological polar surface area (TPSA) is 100 Å². The number of ether oxygens (including phenoxy) is 4. The molecule has 35 heavy (non-hydrogen) atoms. The third kappa shape index (κ3) is 5.59. The number of ketones is 1. The first-order chi connectivity index (χ1) is 16.7. The molecule has 1 heterocycles. The van der Waals surface area contributed by atoms with Crippen LogP contribution in [0, 0.1) is 11.8 Å². The lowest BCUT2D eigenvalue weighted by molar-refractivity contribution is -0.151. The summed E-state index contributed by atoms with van der Waals surface area (Å²) in [7, 11) is 1.28. The van der Waals surface area contributed by atoms with Gasteiger partial charge < -0.3 is 24.3 Å². The molecule has 1 aliphatic heterocycles. The van der Waals surface area contributed by atoms with Crippen LogP contribution in [0.15, 0.2) is 46.8 Å². The lowest BCUT2D eigenvalue weighted by atomic mass is 9.69. The normalized spacial score (nSPS) is 22.0. The summed E-state index contributed by atoms with van der Waals surface area (Å²) >= 11 is 0. The number of allylic oxidation sites excluding steroid dienone is 3. The fourth-order valence-corrected chi connectivity index (χ4v) is 4.76. The molecular weight excluding hydrogens is 450 g/mol. The van der Waals surface area contributed by atoms with Gasteiger partial charge >= 0.3 is 11.9 Å². The molecule has 0 saturated heterocycles. The van der Waals surface area contributed by atoms with Crippen LogP contribution in [-0.2, 0) is 28.6 Å². The van der Waals surface area contributed by atoms with Crippen LogP contribution >= 0.6 is 0 Å². The van der Waals surface area contributed by atoms with Crippen molar-refractivity contribution in [3.05, 3.63) is 52.4 Å². The highest BCUT2D eigenvalue weighted by atomic mass is 16.6. The van der Waals surface area contributed by atoms with Crippen molar-refractivity contribution >= 4 is 17.7 Å². The van der Waals surface area contributed by atoms with Gasteiger partial charge in [-0.3, -0.25) is 9.59 Å². The van der Waals surface area contributed by atoms with Gasteiger partial charge in [0.25, 0.3) is 0 Å². The SMILES string of the molecule is CCOc1ccccc1[C@H]1C(C(=O)OCCOC(C)C)=C(C)NC2=C1C(=O)[C@@H](C(=O)OC)[C@@H](C)C2. The molecule has 1 aliphatic carbocycles. The minimum absolute atomic E-state index is 0.0154. The predicted molar refractivity (Wildman–Crippen MR) is 130 cm³/mol. The van der Waals surface area contributed by atoms with Crippen LogP contribution in [0.4, 0.5) is 0 Å². The Bertz CT molecular complexity index is 1040. The second kappa shape index (κ2) is 11.5. The van der Waals surface area contributed by atoms with Crippen molar-refractivity contribution in [2.24, 2.45) is 11.8 Å². The van der Waals surface area contributed by atoms with Gasteiger partial charge in [-0.1, -0.05) is 25.1 Å². The molecule has 0 bridgehead atoms. The highest BCUT2D eigenvalue weighted by Crippen LogP contribution is 2.47. The molecule has 0 fully saturated rings. The molecule has 1 aromatic carbocycles. The van der Waals surface area contributed by atoms with Crippen LogP contribution < -0.4 is 10.1 Å². The molecular formula is C27H35NO7. The van der Waals surface area contributed by atoms with Crippen molar-refractivity contribution < 1.29 is 33.3 Å². The first-order valence-corrected chi connectivity index (χ1v) is 12.0. The summed E-state index contributed by atoms with van der Waals surface area (Å²) in [5, 5.41) is 3.26. The molecule has 0 saturated carbocycles. The third-order valence-corrected chi connectivity index (χ3v) is 6.26. The van der Waals surface area contributed by atoms with E-state index in [1.54, 1.807) is 6.92 Å². The largest absolute Gasteiger partial charge is 0.494 e. The smallest absolute Gasteiger partial charge is 0.336 e. The Balaban J connectivity index is 2.09. The first kappa shape index (κ1) is 26.5.